The predicted octanol–water partition coefficient (Wildman–Crippen LogP) is 1.64. The largest absolute Gasteiger partial charge is 0.367 e. The molecule has 1 aliphatic rings. The highest BCUT2D eigenvalue weighted by Gasteiger charge is 2.27. The average Bonchev–Trinajstić information content (AvgIpc) is 2.69. The second kappa shape index (κ2) is 9.16. The van der Waals surface area contributed by atoms with Crippen LogP contribution in [0.3, 0.4) is 0 Å². The third-order valence-electron chi connectivity index (χ3n) is 4.71. The summed E-state index contributed by atoms with van der Waals surface area (Å²) in [5.41, 5.74) is 1.37. The van der Waals surface area contributed by atoms with Crippen molar-refractivity contribution in [1.82, 2.24) is 9.62 Å². The summed E-state index contributed by atoms with van der Waals surface area (Å²) < 4.78 is 40.3. The molecule has 0 aromatic heterocycles. The molecular weight excluding hydrogens is 381 g/mol. The van der Waals surface area contributed by atoms with E-state index in [1.807, 2.05) is 35.2 Å². The number of piperazine rings is 1. The Balaban J connectivity index is 1.45. The van der Waals surface area contributed by atoms with Gasteiger partial charge in [0.1, 0.15) is 5.82 Å². The molecule has 0 bridgehead atoms. The van der Waals surface area contributed by atoms with Crippen LogP contribution in [0.25, 0.3) is 0 Å². The molecule has 0 unspecified atom stereocenters. The van der Waals surface area contributed by atoms with Gasteiger partial charge >= 0.3 is 0 Å². The van der Waals surface area contributed by atoms with Gasteiger partial charge in [-0.2, -0.15) is 4.31 Å². The van der Waals surface area contributed by atoms with Crippen molar-refractivity contribution in [1.29, 1.82) is 0 Å². The van der Waals surface area contributed by atoms with Gasteiger partial charge in [-0.05, 0) is 17.7 Å². The number of rotatable bonds is 7. The van der Waals surface area contributed by atoms with E-state index in [1.54, 1.807) is 18.2 Å². The molecule has 6 nitrogen and oxygen atoms in total. The Morgan fingerprint density at radius 2 is 1.61 bits per heavy atom. The molecule has 0 spiro atoms. The van der Waals surface area contributed by atoms with E-state index in [4.69, 9.17) is 0 Å². The Bertz CT molecular complexity index is 898. The van der Waals surface area contributed by atoms with E-state index in [9.17, 15) is 17.6 Å². The molecule has 150 valence electrons. The number of benzene rings is 2. The molecule has 0 aliphatic carbocycles. The summed E-state index contributed by atoms with van der Waals surface area (Å²) in [6, 6.07) is 15.8. The maximum Gasteiger partial charge on any atom is 0.224 e. The van der Waals surface area contributed by atoms with Crippen molar-refractivity contribution in [2.45, 2.75) is 6.42 Å². The Morgan fingerprint density at radius 3 is 2.29 bits per heavy atom. The van der Waals surface area contributed by atoms with Crippen LogP contribution in [-0.4, -0.2) is 57.1 Å². The maximum absolute atomic E-state index is 13.9. The third kappa shape index (κ3) is 5.30. The topological polar surface area (TPSA) is 69.7 Å². The minimum atomic E-state index is -3.47. The van der Waals surface area contributed by atoms with Crippen molar-refractivity contribution in [2.24, 2.45) is 0 Å². The predicted molar refractivity (Wildman–Crippen MR) is 107 cm³/mol. The minimum absolute atomic E-state index is 0.0710. The number of carbonyl (C=O) groups is 1. The lowest BCUT2D eigenvalue weighted by Crippen LogP contribution is -2.50. The SMILES string of the molecule is O=C(Cc1ccccc1)NCCS(=O)(=O)N1CCN(c2ccccc2F)CC1. The van der Waals surface area contributed by atoms with Crippen molar-refractivity contribution in [3.63, 3.8) is 0 Å². The van der Waals surface area contributed by atoms with E-state index in [-0.39, 0.29) is 30.4 Å². The molecule has 2 aromatic rings. The van der Waals surface area contributed by atoms with Gasteiger partial charge in [-0.15, -0.1) is 0 Å². The Hall–Kier alpha value is -2.45. The molecule has 1 N–H and O–H groups in total. The molecule has 1 aliphatic heterocycles. The monoisotopic (exact) mass is 405 g/mol. The van der Waals surface area contributed by atoms with Gasteiger partial charge in [0.15, 0.2) is 0 Å². The van der Waals surface area contributed by atoms with Crippen LogP contribution in [0, 0.1) is 5.82 Å². The van der Waals surface area contributed by atoms with Crippen LogP contribution in [0.5, 0.6) is 0 Å². The summed E-state index contributed by atoms with van der Waals surface area (Å²) in [6.07, 6.45) is 0.224. The molecule has 1 fully saturated rings. The van der Waals surface area contributed by atoms with Gasteiger partial charge in [0.05, 0.1) is 17.9 Å². The van der Waals surface area contributed by atoms with Gasteiger partial charge in [-0.1, -0.05) is 42.5 Å². The number of carbonyl (C=O) groups excluding carboxylic acids is 1. The standard InChI is InChI=1S/C20H24FN3O3S/c21-18-8-4-5-9-19(18)23-11-13-24(14-12-23)28(26,27)15-10-22-20(25)16-17-6-2-1-3-7-17/h1-9H,10-16H2,(H,22,25). The molecule has 0 saturated carbocycles. The lowest BCUT2D eigenvalue weighted by atomic mass is 10.1. The zero-order valence-corrected chi connectivity index (χ0v) is 16.4. The normalized spacial score (nSPS) is 15.4. The van der Waals surface area contributed by atoms with Crippen molar-refractivity contribution in [3.8, 4) is 0 Å². The first kappa shape index (κ1) is 20.3. The van der Waals surface area contributed by atoms with Gasteiger partial charge < -0.3 is 10.2 Å². The summed E-state index contributed by atoms with van der Waals surface area (Å²) in [5, 5.41) is 2.66. The number of halogens is 1. The Labute approximate surface area is 165 Å². The number of nitrogens with zero attached hydrogens (tertiary/aromatic N) is 2. The molecule has 1 heterocycles. The van der Waals surface area contributed by atoms with E-state index in [1.165, 1.54) is 10.4 Å². The van der Waals surface area contributed by atoms with Gasteiger partial charge in [0.25, 0.3) is 0 Å². The van der Waals surface area contributed by atoms with Crippen molar-refractivity contribution >= 4 is 21.6 Å². The van der Waals surface area contributed by atoms with Crippen LogP contribution in [0.4, 0.5) is 10.1 Å². The number of amides is 1. The molecule has 0 radical (unpaired) electrons. The van der Waals surface area contributed by atoms with Crippen LogP contribution in [0.1, 0.15) is 5.56 Å². The summed E-state index contributed by atoms with van der Waals surface area (Å²) in [5.74, 6) is -0.654. The first-order chi connectivity index (χ1) is 13.5. The summed E-state index contributed by atoms with van der Waals surface area (Å²) >= 11 is 0. The smallest absolute Gasteiger partial charge is 0.224 e. The Kier molecular flexibility index (Phi) is 6.64. The van der Waals surface area contributed by atoms with Crippen LogP contribution in [0.15, 0.2) is 54.6 Å². The summed E-state index contributed by atoms with van der Waals surface area (Å²) in [7, 11) is -3.47. The molecule has 2 aromatic carbocycles. The van der Waals surface area contributed by atoms with Crippen LogP contribution in [-0.2, 0) is 21.2 Å². The fourth-order valence-corrected chi connectivity index (χ4v) is 4.55. The fraction of sp³-hybridized carbons (Fsp3) is 0.350. The van der Waals surface area contributed by atoms with Gasteiger partial charge in [0, 0.05) is 32.7 Å². The van der Waals surface area contributed by atoms with Crippen molar-refractivity contribution < 1.29 is 17.6 Å². The molecule has 1 amide bonds. The number of hydrogen-bond acceptors (Lipinski definition) is 4. The lowest BCUT2D eigenvalue weighted by Gasteiger charge is -2.35. The molecule has 0 atom stereocenters. The van der Waals surface area contributed by atoms with E-state index in [0.29, 0.717) is 31.9 Å². The van der Waals surface area contributed by atoms with Crippen LogP contribution < -0.4 is 10.2 Å². The minimum Gasteiger partial charge on any atom is -0.367 e. The summed E-state index contributed by atoms with van der Waals surface area (Å²) in [4.78, 5) is 13.8. The molecule has 28 heavy (non-hydrogen) atoms. The van der Waals surface area contributed by atoms with Gasteiger partial charge in [-0.25, -0.2) is 12.8 Å². The number of anilines is 1. The first-order valence-electron chi connectivity index (χ1n) is 9.23. The second-order valence-corrected chi connectivity index (χ2v) is 8.75. The Morgan fingerprint density at radius 1 is 0.964 bits per heavy atom. The zero-order chi connectivity index (χ0) is 20.0. The maximum atomic E-state index is 13.9. The lowest BCUT2D eigenvalue weighted by molar-refractivity contribution is -0.120. The van der Waals surface area contributed by atoms with E-state index in [0.717, 1.165) is 5.56 Å². The average molecular weight is 405 g/mol. The highest BCUT2D eigenvalue weighted by atomic mass is 32.2. The molecule has 8 heteroatoms. The van der Waals surface area contributed by atoms with Crippen molar-refractivity contribution in [3.05, 3.63) is 66.0 Å². The van der Waals surface area contributed by atoms with Crippen LogP contribution >= 0.6 is 0 Å². The third-order valence-corrected chi connectivity index (χ3v) is 6.59. The number of nitrogens with one attached hydrogen (secondary N) is 1. The van der Waals surface area contributed by atoms with E-state index >= 15 is 0 Å². The number of hydrogen-bond donors (Lipinski definition) is 1. The molecule has 3 rings (SSSR count). The van der Waals surface area contributed by atoms with E-state index < -0.39 is 10.0 Å². The van der Waals surface area contributed by atoms with Gasteiger partial charge in [-0.3, -0.25) is 4.79 Å². The second-order valence-electron chi connectivity index (χ2n) is 6.67. The van der Waals surface area contributed by atoms with Crippen molar-refractivity contribution in [2.75, 3.05) is 43.4 Å². The van der Waals surface area contributed by atoms with Gasteiger partial charge in [0.2, 0.25) is 15.9 Å². The number of para-hydroxylation sites is 1. The quantitative estimate of drug-likeness (QED) is 0.760. The fourth-order valence-electron chi connectivity index (χ4n) is 3.21. The molecule has 1 saturated heterocycles. The molecular formula is C20H24FN3O3S. The zero-order valence-electron chi connectivity index (χ0n) is 15.6. The highest BCUT2D eigenvalue weighted by Crippen LogP contribution is 2.21. The number of sulfonamides is 1. The van der Waals surface area contributed by atoms with E-state index in [2.05, 4.69) is 5.32 Å². The van der Waals surface area contributed by atoms with Crippen LogP contribution in [0.2, 0.25) is 0 Å². The summed E-state index contributed by atoms with van der Waals surface area (Å²) in [6.45, 7) is 1.53. The highest BCUT2D eigenvalue weighted by molar-refractivity contribution is 7.89. The first-order valence-corrected chi connectivity index (χ1v) is 10.8.